The van der Waals surface area contributed by atoms with Crippen LogP contribution < -0.4 is 68.9 Å². The second-order valence-corrected chi connectivity index (χ2v) is 12.3. The maximum atomic E-state index is 17.1. The average molecular weight is 576 g/mol. The fraction of sp³-hybridized carbons (Fsp3) is 0.750. The summed E-state index contributed by atoms with van der Waals surface area (Å²) in [5.74, 6) is -2.46. The Morgan fingerprint density at radius 1 is 1.21 bits per heavy atom. The van der Waals surface area contributed by atoms with Crippen LogP contribution in [0.5, 0.6) is 0 Å². The normalized spacial score (nSPS) is 44.1. The molecule has 14 heteroatoms. The van der Waals surface area contributed by atoms with Gasteiger partial charge in [0.1, 0.15) is 6.61 Å². The van der Waals surface area contributed by atoms with E-state index in [0.717, 1.165) is 5.57 Å². The first-order chi connectivity index (χ1) is 16.4. The zero-order valence-corrected chi connectivity index (χ0v) is 27.5. The molecule has 202 valence electrons. The Morgan fingerprint density at radius 2 is 1.79 bits per heavy atom. The predicted molar refractivity (Wildman–Crippen MR) is 118 cm³/mol. The molecule has 1 aliphatic heterocycles. The van der Waals surface area contributed by atoms with E-state index in [-0.39, 0.29) is 77.2 Å². The third-order valence-electron chi connectivity index (χ3n) is 9.19. The van der Waals surface area contributed by atoms with Gasteiger partial charge in [-0.25, -0.2) is 4.39 Å². The number of carbonyl (C=O) groups excluding carboxylic acids is 2. The summed E-state index contributed by atoms with van der Waals surface area (Å²) in [6.07, 6.45) is 4.00. The number of carbonyl (C=O) groups is 2. The molecule has 4 fully saturated rings. The molecule has 0 aromatic rings. The first-order valence-corrected chi connectivity index (χ1v) is 13.4. The molecule has 38 heavy (non-hydrogen) atoms. The van der Waals surface area contributed by atoms with Crippen molar-refractivity contribution < 1.29 is 112 Å². The SMILES string of the molecule is CC1(C)O[C@@H]2C[C@H]3[C@@H]4CCC5=CC(=O)C=C[C@]5(C)C4(F)[C@@H](O)C[C@]3(C)[C@]2(C(=O)CO)O1.O=P([O-])([O-])O.[Na+].[Na+]. The molecule has 5 rings (SSSR count). The second-order valence-electron chi connectivity index (χ2n) is 11.4. The van der Waals surface area contributed by atoms with Gasteiger partial charge in [0.25, 0.3) is 0 Å². The fourth-order valence-corrected chi connectivity index (χ4v) is 7.93. The van der Waals surface area contributed by atoms with Crippen molar-refractivity contribution in [2.45, 2.75) is 82.6 Å². The second kappa shape index (κ2) is 11.1. The van der Waals surface area contributed by atoms with Crippen molar-refractivity contribution in [1.82, 2.24) is 0 Å². The molecule has 0 bridgehead atoms. The zero-order valence-electron chi connectivity index (χ0n) is 22.6. The van der Waals surface area contributed by atoms with Gasteiger partial charge in [-0.2, -0.15) is 0 Å². The Balaban J connectivity index is 0.000000666. The number of hydrogen-bond acceptors (Lipinski definition) is 9. The van der Waals surface area contributed by atoms with Gasteiger partial charge in [-0.3, -0.25) is 9.59 Å². The molecular formula is C24H32FNa2O10P. The van der Waals surface area contributed by atoms with E-state index in [4.69, 9.17) is 28.7 Å². The van der Waals surface area contributed by atoms with Gasteiger partial charge in [0.05, 0.1) is 20.0 Å². The van der Waals surface area contributed by atoms with Crippen LogP contribution in [-0.4, -0.2) is 62.5 Å². The first-order valence-electron chi connectivity index (χ1n) is 11.9. The van der Waals surface area contributed by atoms with E-state index in [1.165, 1.54) is 12.2 Å². The largest absolute Gasteiger partial charge is 1.00 e. The van der Waals surface area contributed by atoms with Crippen LogP contribution in [-0.2, 0) is 23.6 Å². The molecule has 0 aromatic heterocycles. The van der Waals surface area contributed by atoms with Crippen molar-refractivity contribution in [2.75, 3.05) is 6.61 Å². The summed E-state index contributed by atoms with van der Waals surface area (Å²) < 4.78 is 38.2. The van der Waals surface area contributed by atoms with E-state index in [9.17, 15) is 19.8 Å². The molecule has 5 aliphatic rings. The number of ketones is 2. The van der Waals surface area contributed by atoms with Crippen molar-refractivity contribution in [3.05, 3.63) is 23.8 Å². The van der Waals surface area contributed by atoms with Crippen LogP contribution in [0, 0.1) is 22.7 Å². The summed E-state index contributed by atoms with van der Waals surface area (Å²) in [5, 5.41) is 21.2. The van der Waals surface area contributed by atoms with Gasteiger partial charge in [0.2, 0.25) is 0 Å². The smallest absolute Gasteiger partial charge is 0.790 e. The molecular weight excluding hydrogens is 544 g/mol. The Kier molecular flexibility index (Phi) is 10.2. The Hall–Kier alpha value is 0.700. The van der Waals surface area contributed by atoms with Gasteiger partial charge in [-0.1, -0.05) is 18.6 Å². The molecule has 10 nitrogen and oxygen atoms in total. The van der Waals surface area contributed by atoms with Crippen LogP contribution in [0.4, 0.5) is 4.39 Å². The number of aliphatic hydroxyl groups is 2. The molecule has 0 radical (unpaired) electrons. The van der Waals surface area contributed by atoms with Gasteiger partial charge in [0.15, 0.2) is 28.6 Å². The number of Topliss-reactive ketones (excluding diaryl/α,β-unsaturated/α-hetero) is 1. The summed E-state index contributed by atoms with van der Waals surface area (Å²) in [6, 6.07) is 0. The number of ether oxygens (including phenoxy) is 2. The molecule has 1 saturated heterocycles. The average Bonchev–Trinajstić information content (AvgIpc) is 3.14. The van der Waals surface area contributed by atoms with Crippen molar-refractivity contribution in [2.24, 2.45) is 22.7 Å². The zero-order chi connectivity index (χ0) is 27.1. The minimum Gasteiger partial charge on any atom is -0.790 e. The summed E-state index contributed by atoms with van der Waals surface area (Å²) in [6.45, 7) is 6.41. The van der Waals surface area contributed by atoms with Crippen LogP contribution in [0.3, 0.4) is 0 Å². The van der Waals surface area contributed by atoms with Crippen molar-refractivity contribution in [3.63, 3.8) is 0 Å². The van der Waals surface area contributed by atoms with Gasteiger partial charge < -0.3 is 38.9 Å². The van der Waals surface area contributed by atoms with Crippen molar-refractivity contribution in [1.29, 1.82) is 0 Å². The van der Waals surface area contributed by atoms with E-state index in [1.807, 2.05) is 6.92 Å². The number of rotatable bonds is 2. The maximum absolute atomic E-state index is 17.1. The van der Waals surface area contributed by atoms with Crippen LogP contribution >= 0.6 is 7.82 Å². The molecule has 0 amide bonds. The van der Waals surface area contributed by atoms with Gasteiger partial charge in [-0.05, 0) is 64.5 Å². The van der Waals surface area contributed by atoms with Crippen LogP contribution in [0.15, 0.2) is 23.8 Å². The summed E-state index contributed by atoms with van der Waals surface area (Å²) >= 11 is 0. The summed E-state index contributed by atoms with van der Waals surface area (Å²) in [7, 11) is -5.14. The standard InChI is InChI=1S/C24H31FO6.2Na.H3O4P/c1-20(2)30-19-10-16-15-6-5-13-9-14(27)7-8-21(13,3)23(15,25)17(28)11-22(16,4)24(19,31-20)18(29)12-26;;;1-5(2,3)4/h7-9,15-17,19,26,28H,5-6,10-12H2,1-4H3;;;(H3,1,2,3,4)/q;2*+1;/p-2/t15-,16-,17-,19+,21-,22-,23?,24+;;;/m0.../s1. The minimum atomic E-state index is -5.14. The summed E-state index contributed by atoms with van der Waals surface area (Å²) in [5.41, 5.74) is -4.66. The quantitative estimate of drug-likeness (QED) is 0.212. The molecule has 1 heterocycles. The first kappa shape index (κ1) is 34.9. The number of allylic oxidation sites excluding steroid dienone is 4. The van der Waals surface area contributed by atoms with Crippen molar-refractivity contribution in [3.8, 4) is 0 Å². The number of alkyl halides is 1. The molecule has 0 spiro atoms. The molecule has 3 N–H and O–H groups in total. The van der Waals surface area contributed by atoms with E-state index in [0.29, 0.717) is 19.3 Å². The van der Waals surface area contributed by atoms with Crippen LogP contribution in [0.2, 0.25) is 0 Å². The Morgan fingerprint density at radius 3 is 2.34 bits per heavy atom. The van der Waals surface area contributed by atoms with Crippen LogP contribution in [0.25, 0.3) is 0 Å². The molecule has 0 aromatic carbocycles. The predicted octanol–water partition coefficient (Wildman–Crippen LogP) is -5.77. The van der Waals surface area contributed by atoms with Gasteiger partial charge in [0, 0.05) is 16.7 Å². The Bertz CT molecular complexity index is 1090. The van der Waals surface area contributed by atoms with Crippen LogP contribution in [0.1, 0.15) is 53.4 Å². The topological polar surface area (TPSA) is 176 Å². The number of fused-ring (bicyclic) bond motifs is 7. The molecule has 3 saturated carbocycles. The fourth-order valence-electron chi connectivity index (χ4n) is 7.93. The number of hydrogen-bond donors (Lipinski definition) is 3. The third kappa shape index (κ3) is 5.11. The number of aliphatic hydroxyl groups excluding tert-OH is 2. The maximum Gasteiger partial charge on any atom is 1.00 e. The molecule has 4 aliphatic carbocycles. The van der Waals surface area contributed by atoms with Gasteiger partial charge >= 0.3 is 59.1 Å². The molecule has 8 atom stereocenters. The minimum absolute atomic E-state index is 0. The van der Waals surface area contributed by atoms with E-state index in [2.05, 4.69) is 0 Å². The monoisotopic (exact) mass is 576 g/mol. The van der Waals surface area contributed by atoms with E-state index >= 15 is 4.39 Å². The van der Waals surface area contributed by atoms with E-state index < -0.39 is 66.2 Å². The molecule has 1 unspecified atom stereocenters. The van der Waals surface area contributed by atoms with Gasteiger partial charge in [-0.15, -0.1) is 0 Å². The number of phosphoric acid groups is 1. The summed E-state index contributed by atoms with van der Waals surface area (Å²) in [4.78, 5) is 49.4. The van der Waals surface area contributed by atoms with E-state index in [1.54, 1.807) is 26.8 Å². The third-order valence-corrected chi connectivity index (χ3v) is 9.19. The Labute approximate surface area is 265 Å². The van der Waals surface area contributed by atoms with Crippen molar-refractivity contribution >= 4 is 19.4 Å². The number of halogens is 1.